The van der Waals surface area contributed by atoms with Crippen molar-refractivity contribution in [3.63, 3.8) is 0 Å². The minimum Gasteiger partial charge on any atom is -0.406 e. The maximum Gasteiger partial charge on any atom is 0.573 e. The summed E-state index contributed by atoms with van der Waals surface area (Å²) in [7, 11) is 0. The highest BCUT2D eigenvalue weighted by molar-refractivity contribution is 7.96. The SMILES string of the molecule is O=C=[SH]c1ccc(OC(F)(F)F)cc1. The van der Waals surface area contributed by atoms with Crippen LogP contribution in [0, 0.1) is 0 Å². The van der Waals surface area contributed by atoms with Gasteiger partial charge in [-0.25, -0.2) is 4.79 Å². The lowest BCUT2D eigenvalue weighted by Crippen LogP contribution is -2.16. The Bertz CT molecular complexity index is 352. The molecule has 0 aromatic heterocycles. The van der Waals surface area contributed by atoms with Gasteiger partial charge in [0.2, 0.25) is 0 Å². The lowest BCUT2D eigenvalue weighted by atomic mass is 10.3. The van der Waals surface area contributed by atoms with E-state index in [4.69, 9.17) is 0 Å². The van der Waals surface area contributed by atoms with Crippen LogP contribution < -0.4 is 4.74 Å². The van der Waals surface area contributed by atoms with Gasteiger partial charge in [-0.2, -0.15) is 0 Å². The van der Waals surface area contributed by atoms with Crippen LogP contribution in [0.5, 0.6) is 5.75 Å². The molecule has 0 saturated heterocycles. The number of hydrogen-bond donors (Lipinski definition) is 1. The van der Waals surface area contributed by atoms with E-state index >= 15 is 0 Å². The first-order valence-electron chi connectivity index (χ1n) is 3.45. The number of hydrogen-bond acceptors (Lipinski definition) is 2. The van der Waals surface area contributed by atoms with E-state index in [-0.39, 0.29) is 5.75 Å². The van der Waals surface area contributed by atoms with Crippen molar-refractivity contribution in [3.8, 4) is 5.75 Å². The third-order valence-corrected chi connectivity index (χ3v) is 1.89. The monoisotopic (exact) mass is 222 g/mol. The van der Waals surface area contributed by atoms with E-state index < -0.39 is 6.36 Å². The summed E-state index contributed by atoms with van der Waals surface area (Å²) in [6, 6.07) is 5.03. The van der Waals surface area contributed by atoms with Gasteiger partial charge >= 0.3 is 6.36 Å². The van der Waals surface area contributed by atoms with Crippen LogP contribution in [0.25, 0.3) is 0 Å². The lowest BCUT2D eigenvalue weighted by molar-refractivity contribution is -0.274. The van der Waals surface area contributed by atoms with Crippen molar-refractivity contribution in [2.45, 2.75) is 11.3 Å². The van der Waals surface area contributed by atoms with Crippen LogP contribution in [-0.4, -0.2) is 11.6 Å². The zero-order valence-electron chi connectivity index (χ0n) is 6.71. The Hall–Kier alpha value is -1.26. The van der Waals surface area contributed by atoms with Gasteiger partial charge in [0.25, 0.3) is 0 Å². The summed E-state index contributed by atoms with van der Waals surface area (Å²) in [4.78, 5) is 10.5. The van der Waals surface area contributed by atoms with Gasteiger partial charge in [-0.3, -0.25) is 0 Å². The molecule has 0 aliphatic heterocycles. The highest BCUT2D eigenvalue weighted by Gasteiger charge is 2.30. The zero-order chi connectivity index (χ0) is 10.6. The molecule has 0 aliphatic rings. The summed E-state index contributed by atoms with van der Waals surface area (Å²) in [5.74, 6) is -0.303. The second-order valence-electron chi connectivity index (χ2n) is 2.24. The zero-order valence-corrected chi connectivity index (χ0v) is 7.60. The van der Waals surface area contributed by atoms with Crippen molar-refractivity contribution in [1.82, 2.24) is 0 Å². The quantitative estimate of drug-likeness (QED) is 0.614. The topological polar surface area (TPSA) is 26.3 Å². The first-order chi connectivity index (χ1) is 6.51. The molecule has 0 atom stereocenters. The molecular weight excluding hydrogens is 217 g/mol. The summed E-state index contributed by atoms with van der Waals surface area (Å²) < 4.78 is 38.7. The predicted molar refractivity (Wildman–Crippen MR) is 46.1 cm³/mol. The first-order valence-corrected chi connectivity index (χ1v) is 4.34. The van der Waals surface area contributed by atoms with Gasteiger partial charge < -0.3 is 4.74 Å². The number of benzene rings is 1. The number of carbonyl (C=O) groups excluding carboxylic acids is 1. The molecule has 0 saturated carbocycles. The number of thiol groups is 1. The van der Waals surface area contributed by atoms with Crippen molar-refractivity contribution >= 4 is 16.6 Å². The molecule has 0 spiro atoms. The fraction of sp³-hybridized carbons (Fsp3) is 0.125. The van der Waals surface area contributed by atoms with Crippen LogP contribution >= 0.6 is 11.4 Å². The predicted octanol–water partition coefficient (Wildman–Crippen LogP) is 2.48. The summed E-state index contributed by atoms with van der Waals surface area (Å²) in [6.45, 7) is 0. The Labute approximate surface area is 81.3 Å². The largest absolute Gasteiger partial charge is 0.573 e. The minimum absolute atomic E-state index is 0.294. The average molecular weight is 222 g/mol. The van der Waals surface area contributed by atoms with E-state index in [1.54, 1.807) is 5.23 Å². The molecule has 1 aromatic carbocycles. The molecule has 6 heteroatoms. The number of rotatable bonds is 2. The molecule has 0 radical (unpaired) electrons. The third-order valence-electron chi connectivity index (χ3n) is 1.25. The average Bonchev–Trinajstić information content (AvgIpc) is 2.06. The Morgan fingerprint density at radius 2 is 1.79 bits per heavy atom. The second kappa shape index (κ2) is 4.30. The fourth-order valence-corrected chi connectivity index (χ4v) is 1.18. The summed E-state index contributed by atoms with van der Waals surface area (Å²) in [5.41, 5.74) is 0. The lowest BCUT2D eigenvalue weighted by Gasteiger charge is -2.08. The highest BCUT2D eigenvalue weighted by Crippen LogP contribution is 2.23. The standard InChI is InChI=1S/C8H5F3O2S/c9-8(10,11)13-6-1-3-7(4-2-6)14-5-12/h1-4,14H. The molecule has 2 nitrogen and oxygen atoms in total. The maximum atomic E-state index is 11.7. The first kappa shape index (κ1) is 10.8. The van der Waals surface area contributed by atoms with Gasteiger partial charge in [0.05, 0.1) is 0 Å². The van der Waals surface area contributed by atoms with Gasteiger partial charge in [0.15, 0.2) is 5.23 Å². The molecule has 0 aliphatic carbocycles. The van der Waals surface area contributed by atoms with Crippen LogP contribution in [0.1, 0.15) is 0 Å². The van der Waals surface area contributed by atoms with Crippen LogP contribution in [0.15, 0.2) is 29.2 Å². The molecule has 14 heavy (non-hydrogen) atoms. The van der Waals surface area contributed by atoms with Crippen molar-refractivity contribution in [3.05, 3.63) is 24.3 Å². The maximum absolute atomic E-state index is 11.7. The van der Waals surface area contributed by atoms with E-state index in [0.717, 1.165) is 12.1 Å². The summed E-state index contributed by atoms with van der Waals surface area (Å²) >= 11 is 0.294. The van der Waals surface area contributed by atoms with Gasteiger partial charge in [0, 0.05) is 4.90 Å². The molecule has 0 amide bonds. The highest BCUT2D eigenvalue weighted by atomic mass is 32.1. The molecule has 0 N–H and O–H groups in total. The minimum atomic E-state index is -4.68. The number of alkyl halides is 3. The molecule has 0 bridgehead atoms. The van der Waals surface area contributed by atoms with Crippen LogP contribution in [-0.2, 0) is 4.79 Å². The second-order valence-corrected chi connectivity index (χ2v) is 3.17. The van der Waals surface area contributed by atoms with Gasteiger partial charge in [0.1, 0.15) is 5.75 Å². The summed E-state index contributed by atoms with van der Waals surface area (Å²) in [5, 5.41) is 1.61. The molecule has 0 unspecified atom stereocenters. The van der Waals surface area contributed by atoms with Crippen LogP contribution in [0.2, 0.25) is 0 Å². The van der Waals surface area contributed by atoms with E-state index in [2.05, 4.69) is 4.74 Å². The Morgan fingerprint density at radius 3 is 2.21 bits per heavy atom. The molecule has 0 heterocycles. The van der Waals surface area contributed by atoms with Crippen molar-refractivity contribution in [2.75, 3.05) is 0 Å². The van der Waals surface area contributed by atoms with Gasteiger partial charge in [-0.05, 0) is 24.3 Å². The number of halogens is 3. The van der Waals surface area contributed by atoms with E-state index in [0.29, 0.717) is 16.2 Å². The molecule has 0 fully saturated rings. The van der Waals surface area contributed by atoms with Crippen molar-refractivity contribution in [2.24, 2.45) is 0 Å². The molecule has 76 valence electrons. The Balaban J connectivity index is 2.78. The fourth-order valence-electron chi connectivity index (χ4n) is 0.775. The van der Waals surface area contributed by atoms with Gasteiger partial charge in [-0.1, -0.05) is 11.4 Å². The molecule has 1 aromatic rings. The van der Waals surface area contributed by atoms with Crippen LogP contribution in [0.3, 0.4) is 0 Å². The summed E-state index contributed by atoms with van der Waals surface area (Å²) in [6.07, 6.45) is -4.68. The molecule has 1 rings (SSSR count). The van der Waals surface area contributed by atoms with Crippen molar-refractivity contribution in [1.29, 1.82) is 0 Å². The Morgan fingerprint density at radius 1 is 1.21 bits per heavy atom. The molecular formula is C8H5F3O2S. The smallest absolute Gasteiger partial charge is 0.406 e. The van der Waals surface area contributed by atoms with E-state index in [1.807, 2.05) is 0 Å². The van der Waals surface area contributed by atoms with Gasteiger partial charge in [-0.15, -0.1) is 13.2 Å². The third kappa shape index (κ3) is 3.64. The number of ether oxygens (including phenoxy) is 1. The normalized spacial score (nSPS) is 10.8. The van der Waals surface area contributed by atoms with E-state index in [1.165, 1.54) is 12.1 Å². The Kier molecular flexibility index (Phi) is 3.33. The van der Waals surface area contributed by atoms with Crippen LogP contribution in [0.4, 0.5) is 13.2 Å². The van der Waals surface area contributed by atoms with Crippen molar-refractivity contribution < 1.29 is 22.7 Å². The van der Waals surface area contributed by atoms with E-state index in [9.17, 15) is 18.0 Å².